The maximum atomic E-state index is 11.8. The molecule has 0 aliphatic carbocycles. The van der Waals surface area contributed by atoms with Gasteiger partial charge < -0.3 is 0 Å². The summed E-state index contributed by atoms with van der Waals surface area (Å²) in [6, 6.07) is 16.6. The molecule has 0 N–H and O–H groups in total. The van der Waals surface area contributed by atoms with Crippen LogP contribution in [0.5, 0.6) is 0 Å². The topological polar surface area (TPSA) is 29.4 Å². The molecule has 0 spiro atoms. The average Bonchev–Trinajstić information content (AvgIpc) is 2.38. The maximum Gasteiger partial charge on any atom is 0.204 e. The molecule has 2 nitrogen and oxygen atoms in total. The van der Waals surface area contributed by atoms with Crippen LogP contribution in [0.25, 0.3) is 0 Å². The lowest BCUT2D eigenvalue weighted by molar-refractivity contribution is 0.107. The average molecular weight is 288 g/mol. The van der Waals surface area contributed by atoms with Crippen molar-refractivity contribution in [3.8, 4) is 0 Å². The molecule has 2 aromatic rings. The molecule has 3 heteroatoms. The van der Waals surface area contributed by atoms with E-state index in [4.69, 9.17) is 0 Å². The van der Waals surface area contributed by atoms with Crippen LogP contribution < -0.4 is 0 Å². The van der Waals surface area contributed by atoms with Crippen LogP contribution in [-0.2, 0) is 0 Å². The van der Waals surface area contributed by atoms with Crippen molar-refractivity contribution in [3.63, 3.8) is 0 Å². The standard InChI is InChI=1S/C14H10BrNO/c15-12-8-6-11(7-9-12)14(17)10-16-13-4-2-1-3-5-13/h1-10H. The Bertz CT molecular complexity index is 532. The first-order valence-electron chi connectivity index (χ1n) is 5.15. The number of carbonyl (C=O) groups excluding carboxylic acids is 1. The summed E-state index contributed by atoms with van der Waals surface area (Å²) >= 11 is 3.33. The molecule has 0 bridgehead atoms. The second kappa shape index (κ2) is 5.55. The van der Waals surface area contributed by atoms with E-state index < -0.39 is 0 Å². The van der Waals surface area contributed by atoms with Crippen LogP contribution in [0.4, 0.5) is 5.69 Å². The van der Waals surface area contributed by atoms with E-state index in [0.29, 0.717) is 5.56 Å². The highest BCUT2D eigenvalue weighted by Gasteiger charge is 2.01. The van der Waals surface area contributed by atoms with Crippen molar-refractivity contribution >= 4 is 33.6 Å². The van der Waals surface area contributed by atoms with E-state index in [1.54, 1.807) is 12.1 Å². The minimum atomic E-state index is -0.0960. The monoisotopic (exact) mass is 287 g/mol. The van der Waals surface area contributed by atoms with Gasteiger partial charge in [0.05, 0.1) is 11.9 Å². The quantitative estimate of drug-likeness (QED) is 0.619. The molecule has 2 aromatic carbocycles. The Balaban J connectivity index is 2.12. The van der Waals surface area contributed by atoms with Gasteiger partial charge in [0, 0.05) is 10.0 Å². The van der Waals surface area contributed by atoms with Crippen LogP contribution in [0.1, 0.15) is 10.4 Å². The van der Waals surface area contributed by atoms with Crippen molar-refractivity contribution in [1.82, 2.24) is 0 Å². The molecule has 2 rings (SSSR count). The van der Waals surface area contributed by atoms with Crippen molar-refractivity contribution in [3.05, 3.63) is 64.6 Å². The van der Waals surface area contributed by atoms with Gasteiger partial charge in [0.2, 0.25) is 5.78 Å². The number of benzene rings is 2. The Kier molecular flexibility index (Phi) is 3.83. The van der Waals surface area contributed by atoms with Crippen molar-refractivity contribution in [2.24, 2.45) is 4.99 Å². The van der Waals surface area contributed by atoms with Crippen molar-refractivity contribution in [1.29, 1.82) is 0 Å². The van der Waals surface area contributed by atoms with Gasteiger partial charge in [-0.2, -0.15) is 0 Å². The summed E-state index contributed by atoms with van der Waals surface area (Å²) in [5.41, 5.74) is 1.41. The van der Waals surface area contributed by atoms with E-state index in [2.05, 4.69) is 20.9 Å². The lowest BCUT2D eigenvalue weighted by Gasteiger charge is -1.95. The highest BCUT2D eigenvalue weighted by Crippen LogP contribution is 2.12. The zero-order valence-electron chi connectivity index (χ0n) is 9.01. The molecule has 17 heavy (non-hydrogen) atoms. The summed E-state index contributed by atoms with van der Waals surface area (Å²) in [7, 11) is 0. The van der Waals surface area contributed by atoms with Crippen LogP contribution in [0.2, 0.25) is 0 Å². The van der Waals surface area contributed by atoms with Gasteiger partial charge >= 0.3 is 0 Å². The zero-order chi connectivity index (χ0) is 12.1. The van der Waals surface area contributed by atoms with Crippen LogP contribution in [0.3, 0.4) is 0 Å². The van der Waals surface area contributed by atoms with E-state index in [0.717, 1.165) is 10.2 Å². The predicted octanol–water partition coefficient (Wildman–Crippen LogP) is 4.03. The third-order valence-electron chi connectivity index (χ3n) is 2.22. The summed E-state index contributed by atoms with van der Waals surface area (Å²) in [4.78, 5) is 15.9. The predicted molar refractivity (Wildman–Crippen MR) is 73.1 cm³/mol. The van der Waals surface area contributed by atoms with Gasteiger partial charge in [-0.25, -0.2) is 0 Å². The van der Waals surface area contributed by atoms with Crippen molar-refractivity contribution in [2.75, 3.05) is 0 Å². The number of para-hydroxylation sites is 1. The van der Waals surface area contributed by atoms with Crippen LogP contribution >= 0.6 is 15.9 Å². The van der Waals surface area contributed by atoms with E-state index in [1.165, 1.54) is 6.21 Å². The van der Waals surface area contributed by atoms with Gasteiger partial charge in [-0.1, -0.05) is 34.1 Å². The Morgan fingerprint density at radius 3 is 2.29 bits per heavy atom. The minimum Gasteiger partial charge on any atom is -0.288 e. The lowest BCUT2D eigenvalue weighted by Crippen LogP contribution is -1.99. The second-order valence-corrected chi connectivity index (χ2v) is 4.38. The smallest absolute Gasteiger partial charge is 0.204 e. The van der Waals surface area contributed by atoms with Crippen molar-refractivity contribution < 1.29 is 4.79 Å². The fourth-order valence-electron chi connectivity index (χ4n) is 1.34. The molecule has 0 unspecified atom stereocenters. The number of nitrogens with zero attached hydrogens (tertiary/aromatic N) is 1. The fourth-order valence-corrected chi connectivity index (χ4v) is 1.60. The van der Waals surface area contributed by atoms with Gasteiger partial charge in [0.25, 0.3) is 0 Å². The largest absolute Gasteiger partial charge is 0.288 e. The molecular weight excluding hydrogens is 278 g/mol. The summed E-state index contributed by atoms with van der Waals surface area (Å²) in [6.07, 6.45) is 1.35. The molecule has 0 saturated carbocycles. The van der Waals surface area contributed by atoms with E-state index in [9.17, 15) is 4.79 Å². The SMILES string of the molecule is O=C(C=Nc1ccccc1)c1ccc(Br)cc1. The number of ketones is 1. The molecule has 0 saturated heterocycles. The number of carbonyl (C=O) groups is 1. The van der Waals surface area contributed by atoms with E-state index in [-0.39, 0.29) is 5.78 Å². The first-order valence-corrected chi connectivity index (χ1v) is 5.94. The fraction of sp³-hybridized carbons (Fsp3) is 0. The van der Waals surface area contributed by atoms with Gasteiger partial charge in [0.15, 0.2) is 0 Å². The minimum absolute atomic E-state index is 0.0960. The molecule has 0 amide bonds. The summed E-state index contributed by atoms with van der Waals surface area (Å²) in [5, 5.41) is 0. The number of halogens is 1. The molecule has 84 valence electrons. The molecular formula is C14H10BrNO. The summed E-state index contributed by atoms with van der Waals surface area (Å²) in [6.45, 7) is 0. The molecule has 0 aromatic heterocycles. The van der Waals surface area contributed by atoms with E-state index in [1.807, 2.05) is 42.5 Å². The molecule has 0 atom stereocenters. The Labute approximate surface area is 108 Å². The van der Waals surface area contributed by atoms with Gasteiger partial charge in [-0.05, 0) is 36.4 Å². The number of Topliss-reactive ketones (excluding diaryl/α,β-unsaturated/α-hetero) is 1. The zero-order valence-corrected chi connectivity index (χ0v) is 10.6. The highest BCUT2D eigenvalue weighted by molar-refractivity contribution is 9.10. The van der Waals surface area contributed by atoms with Crippen LogP contribution in [0.15, 0.2) is 64.1 Å². The Hall–Kier alpha value is -1.74. The van der Waals surface area contributed by atoms with Gasteiger partial charge in [0.1, 0.15) is 0 Å². The summed E-state index contributed by atoms with van der Waals surface area (Å²) in [5.74, 6) is -0.0960. The first-order chi connectivity index (χ1) is 8.25. The normalized spacial score (nSPS) is 10.6. The number of hydrogen-bond donors (Lipinski definition) is 0. The third kappa shape index (κ3) is 3.36. The molecule has 0 aliphatic rings. The lowest BCUT2D eigenvalue weighted by atomic mass is 10.1. The third-order valence-corrected chi connectivity index (χ3v) is 2.74. The number of hydrogen-bond acceptors (Lipinski definition) is 2. The molecule has 0 aliphatic heterocycles. The van der Waals surface area contributed by atoms with Crippen molar-refractivity contribution in [2.45, 2.75) is 0 Å². The van der Waals surface area contributed by atoms with Gasteiger partial charge in [-0.15, -0.1) is 0 Å². The van der Waals surface area contributed by atoms with Crippen LogP contribution in [-0.4, -0.2) is 12.0 Å². The Morgan fingerprint density at radius 1 is 1.00 bits per heavy atom. The summed E-state index contributed by atoms with van der Waals surface area (Å²) < 4.78 is 0.953. The molecule has 0 heterocycles. The number of aliphatic imine (C=N–C) groups is 1. The second-order valence-electron chi connectivity index (χ2n) is 3.46. The number of rotatable bonds is 3. The first kappa shape index (κ1) is 11.7. The van der Waals surface area contributed by atoms with E-state index >= 15 is 0 Å². The molecule has 0 radical (unpaired) electrons. The molecule has 0 fully saturated rings. The highest BCUT2D eigenvalue weighted by atomic mass is 79.9. The van der Waals surface area contributed by atoms with Gasteiger partial charge in [-0.3, -0.25) is 9.79 Å². The Morgan fingerprint density at radius 2 is 1.65 bits per heavy atom. The van der Waals surface area contributed by atoms with Crippen LogP contribution in [0, 0.1) is 0 Å². The maximum absolute atomic E-state index is 11.8.